The summed E-state index contributed by atoms with van der Waals surface area (Å²) in [6.07, 6.45) is 5.65. The second-order valence-electron chi connectivity index (χ2n) is 8.36. The number of rotatable bonds is 4. The van der Waals surface area contributed by atoms with Crippen LogP contribution in [0, 0.1) is 5.41 Å². The third-order valence-corrected chi connectivity index (χ3v) is 7.72. The summed E-state index contributed by atoms with van der Waals surface area (Å²) in [5.74, 6) is 0.851. The van der Waals surface area contributed by atoms with Crippen LogP contribution in [0.2, 0.25) is 0 Å². The molecule has 0 radical (unpaired) electrons. The summed E-state index contributed by atoms with van der Waals surface area (Å²) in [7, 11) is -3.54. The fourth-order valence-electron chi connectivity index (χ4n) is 3.93. The monoisotopic (exact) mass is 376 g/mol. The molecule has 2 saturated heterocycles. The lowest BCUT2D eigenvalue weighted by Gasteiger charge is -2.47. The van der Waals surface area contributed by atoms with Gasteiger partial charge in [0.15, 0.2) is 0 Å². The number of sulfonamides is 1. The minimum absolute atomic E-state index is 0.285. The van der Waals surface area contributed by atoms with Gasteiger partial charge in [-0.25, -0.2) is 17.7 Å². The van der Waals surface area contributed by atoms with E-state index in [1.807, 2.05) is 17.5 Å². The van der Waals surface area contributed by atoms with E-state index in [4.69, 9.17) is 4.74 Å². The maximum atomic E-state index is 12.9. The first-order chi connectivity index (χ1) is 12.4. The molecule has 1 N–H and O–H groups in total. The molecule has 2 aromatic heterocycles. The number of hydrogen-bond donors (Lipinski definition) is 1. The second kappa shape index (κ2) is 5.43. The molecular formula is C18H24N4O3S. The SMILES string of the molecule is CC1(NS(=O)(=O)c2cc(N3CCC4(CC3)COC4)n3nccc3c2)CC1. The lowest BCUT2D eigenvalue weighted by molar-refractivity contribution is -0.124. The average Bonchev–Trinajstić information content (AvgIpc) is 3.10. The topological polar surface area (TPSA) is 75.9 Å². The third-order valence-electron chi connectivity index (χ3n) is 6.11. The first-order valence-electron chi connectivity index (χ1n) is 9.23. The third kappa shape index (κ3) is 2.71. The van der Waals surface area contributed by atoms with E-state index >= 15 is 0 Å². The fraction of sp³-hybridized carbons (Fsp3) is 0.611. The molecule has 8 heteroatoms. The number of anilines is 1. The summed E-state index contributed by atoms with van der Waals surface area (Å²) >= 11 is 0. The van der Waals surface area contributed by atoms with Crippen LogP contribution in [-0.4, -0.2) is 49.9 Å². The van der Waals surface area contributed by atoms with Crippen LogP contribution in [0.25, 0.3) is 5.52 Å². The molecule has 0 bridgehead atoms. The van der Waals surface area contributed by atoms with Gasteiger partial charge in [0.05, 0.1) is 29.8 Å². The molecule has 7 nitrogen and oxygen atoms in total. The molecule has 0 unspecified atom stereocenters. The summed E-state index contributed by atoms with van der Waals surface area (Å²) in [5.41, 5.74) is 0.856. The van der Waals surface area contributed by atoms with Gasteiger partial charge in [-0.05, 0) is 44.7 Å². The smallest absolute Gasteiger partial charge is 0.241 e. The molecule has 0 atom stereocenters. The molecule has 5 rings (SSSR count). The standard InChI is InChI=1S/C18H24N4O3S/c1-17(3-4-17)20-26(23,24)15-10-14-2-7-19-22(14)16(11-15)21-8-5-18(6-9-21)12-25-13-18/h2,7,10-11,20H,3-6,8-9,12-13H2,1H3. The van der Waals surface area contributed by atoms with Gasteiger partial charge >= 0.3 is 0 Å². The Balaban J connectivity index is 1.50. The maximum absolute atomic E-state index is 12.9. The zero-order valence-electron chi connectivity index (χ0n) is 14.9. The lowest BCUT2D eigenvalue weighted by atomic mass is 9.77. The van der Waals surface area contributed by atoms with Crippen molar-refractivity contribution in [2.24, 2.45) is 5.41 Å². The first kappa shape index (κ1) is 16.5. The zero-order valence-corrected chi connectivity index (χ0v) is 15.8. The van der Waals surface area contributed by atoms with E-state index in [1.165, 1.54) is 0 Å². The van der Waals surface area contributed by atoms with Crippen LogP contribution in [0.3, 0.4) is 0 Å². The van der Waals surface area contributed by atoms with E-state index in [0.717, 1.165) is 63.3 Å². The van der Waals surface area contributed by atoms with Crippen molar-refractivity contribution in [3.05, 3.63) is 24.4 Å². The van der Waals surface area contributed by atoms with E-state index in [2.05, 4.69) is 14.7 Å². The van der Waals surface area contributed by atoms with Crippen LogP contribution < -0.4 is 9.62 Å². The summed E-state index contributed by atoms with van der Waals surface area (Å²) in [5, 5.41) is 4.41. The number of nitrogens with zero attached hydrogens (tertiary/aromatic N) is 3. The quantitative estimate of drug-likeness (QED) is 0.880. The number of hydrogen-bond acceptors (Lipinski definition) is 5. The summed E-state index contributed by atoms with van der Waals surface area (Å²) in [6, 6.07) is 5.33. The van der Waals surface area contributed by atoms with Crippen molar-refractivity contribution in [1.82, 2.24) is 14.3 Å². The van der Waals surface area contributed by atoms with Gasteiger partial charge in [0.1, 0.15) is 5.82 Å². The number of aromatic nitrogens is 2. The summed E-state index contributed by atoms with van der Waals surface area (Å²) in [6.45, 7) is 5.46. The Bertz CT molecular complexity index is 950. The predicted molar refractivity (Wildman–Crippen MR) is 97.9 cm³/mol. The molecule has 3 aliphatic rings. The molecule has 3 fully saturated rings. The van der Waals surface area contributed by atoms with Gasteiger partial charge in [0.2, 0.25) is 10.0 Å². The second-order valence-corrected chi connectivity index (χ2v) is 10.0. The van der Waals surface area contributed by atoms with E-state index in [1.54, 1.807) is 18.3 Å². The van der Waals surface area contributed by atoms with Gasteiger partial charge in [-0.15, -0.1) is 0 Å². The molecule has 1 spiro atoms. The van der Waals surface area contributed by atoms with Crippen molar-refractivity contribution >= 4 is 21.4 Å². The number of ether oxygens (including phenoxy) is 1. The van der Waals surface area contributed by atoms with Crippen LogP contribution >= 0.6 is 0 Å². The van der Waals surface area contributed by atoms with E-state index in [0.29, 0.717) is 10.3 Å². The van der Waals surface area contributed by atoms with E-state index in [-0.39, 0.29) is 5.54 Å². The highest BCUT2D eigenvalue weighted by Crippen LogP contribution is 2.40. The molecule has 4 heterocycles. The van der Waals surface area contributed by atoms with Gasteiger partial charge in [-0.2, -0.15) is 5.10 Å². The molecular weight excluding hydrogens is 352 g/mol. The van der Waals surface area contributed by atoms with Gasteiger partial charge in [-0.3, -0.25) is 0 Å². The van der Waals surface area contributed by atoms with Gasteiger partial charge < -0.3 is 9.64 Å². The highest BCUT2D eigenvalue weighted by atomic mass is 32.2. The molecule has 26 heavy (non-hydrogen) atoms. The number of piperidine rings is 1. The van der Waals surface area contributed by atoms with Crippen LogP contribution in [-0.2, 0) is 14.8 Å². The number of pyridine rings is 1. The Hall–Kier alpha value is -1.64. The molecule has 1 saturated carbocycles. The highest BCUT2D eigenvalue weighted by molar-refractivity contribution is 7.89. The van der Waals surface area contributed by atoms with Crippen molar-refractivity contribution in [3.8, 4) is 0 Å². The Morgan fingerprint density at radius 1 is 1.15 bits per heavy atom. The number of nitrogens with one attached hydrogen (secondary N) is 1. The Labute approximate surface area is 153 Å². The molecule has 2 aromatic rings. The molecule has 1 aliphatic carbocycles. The minimum Gasteiger partial charge on any atom is -0.380 e. The van der Waals surface area contributed by atoms with Crippen molar-refractivity contribution in [1.29, 1.82) is 0 Å². The van der Waals surface area contributed by atoms with Crippen LogP contribution in [0.15, 0.2) is 29.3 Å². The Kier molecular flexibility index (Phi) is 3.45. The van der Waals surface area contributed by atoms with Crippen molar-refractivity contribution in [2.75, 3.05) is 31.2 Å². The Morgan fingerprint density at radius 2 is 1.88 bits per heavy atom. The normalized spacial score (nSPS) is 24.0. The molecule has 0 aromatic carbocycles. The largest absolute Gasteiger partial charge is 0.380 e. The molecule has 140 valence electrons. The fourth-order valence-corrected chi connectivity index (χ4v) is 5.44. The van der Waals surface area contributed by atoms with Crippen LogP contribution in [0.5, 0.6) is 0 Å². The van der Waals surface area contributed by atoms with Crippen molar-refractivity contribution in [2.45, 2.75) is 43.0 Å². The summed E-state index contributed by atoms with van der Waals surface area (Å²) in [4.78, 5) is 2.57. The van der Waals surface area contributed by atoms with Gasteiger partial charge in [0.25, 0.3) is 0 Å². The maximum Gasteiger partial charge on any atom is 0.241 e. The van der Waals surface area contributed by atoms with Crippen LogP contribution in [0.1, 0.15) is 32.6 Å². The van der Waals surface area contributed by atoms with E-state index in [9.17, 15) is 8.42 Å². The molecule has 0 amide bonds. The lowest BCUT2D eigenvalue weighted by Crippen LogP contribution is -2.51. The number of fused-ring (bicyclic) bond motifs is 1. The van der Waals surface area contributed by atoms with Crippen molar-refractivity contribution in [3.63, 3.8) is 0 Å². The zero-order chi connectivity index (χ0) is 18.0. The van der Waals surface area contributed by atoms with E-state index < -0.39 is 10.0 Å². The van der Waals surface area contributed by atoms with Gasteiger partial charge in [0, 0.05) is 30.1 Å². The summed E-state index contributed by atoms with van der Waals surface area (Å²) < 4.78 is 35.8. The predicted octanol–water partition coefficient (Wildman–Crippen LogP) is 1.78. The Morgan fingerprint density at radius 3 is 2.50 bits per heavy atom. The molecule has 2 aliphatic heterocycles. The average molecular weight is 376 g/mol. The first-order valence-corrected chi connectivity index (χ1v) is 10.7. The highest BCUT2D eigenvalue weighted by Gasteiger charge is 2.43. The van der Waals surface area contributed by atoms with Crippen molar-refractivity contribution < 1.29 is 13.2 Å². The van der Waals surface area contributed by atoms with Gasteiger partial charge in [-0.1, -0.05) is 0 Å². The van der Waals surface area contributed by atoms with Crippen LogP contribution in [0.4, 0.5) is 5.82 Å². The minimum atomic E-state index is -3.54.